The van der Waals surface area contributed by atoms with Crippen LogP contribution in [0, 0.1) is 0 Å². The molecule has 0 spiro atoms. The number of rotatable bonds is 5. The lowest BCUT2D eigenvalue weighted by Crippen LogP contribution is -2.22. The van der Waals surface area contributed by atoms with Crippen LogP contribution in [0.5, 0.6) is 0 Å². The van der Waals surface area contributed by atoms with Crippen LogP contribution in [0.3, 0.4) is 0 Å². The summed E-state index contributed by atoms with van der Waals surface area (Å²) < 4.78 is 2.02. The lowest BCUT2D eigenvalue weighted by atomic mass is 10.0. The SMILES string of the molecule is O=C(CC(C(=O)O)n1cncn1)c1ccc(Br)cc1. The molecule has 0 amide bonds. The number of nitrogens with zero attached hydrogens (tertiary/aromatic N) is 3. The van der Waals surface area contributed by atoms with Gasteiger partial charge < -0.3 is 5.11 Å². The van der Waals surface area contributed by atoms with Crippen molar-refractivity contribution in [3.8, 4) is 0 Å². The average Bonchev–Trinajstić information content (AvgIpc) is 2.89. The minimum atomic E-state index is -1.11. The van der Waals surface area contributed by atoms with E-state index in [4.69, 9.17) is 5.11 Å². The smallest absolute Gasteiger partial charge is 0.329 e. The van der Waals surface area contributed by atoms with Crippen LogP contribution in [0.1, 0.15) is 22.8 Å². The fourth-order valence-electron chi connectivity index (χ4n) is 1.60. The van der Waals surface area contributed by atoms with Crippen molar-refractivity contribution < 1.29 is 14.7 Å². The Hall–Kier alpha value is -2.02. The number of ketones is 1. The zero-order valence-electron chi connectivity index (χ0n) is 9.73. The van der Waals surface area contributed by atoms with Gasteiger partial charge in [-0.2, -0.15) is 5.10 Å². The first kappa shape index (κ1) is 13.4. The molecule has 6 nitrogen and oxygen atoms in total. The number of carbonyl (C=O) groups is 2. The van der Waals surface area contributed by atoms with Gasteiger partial charge in [0.15, 0.2) is 11.8 Å². The molecule has 1 heterocycles. The van der Waals surface area contributed by atoms with Gasteiger partial charge in [-0.15, -0.1) is 0 Å². The third-order valence-electron chi connectivity index (χ3n) is 2.59. The number of aromatic nitrogens is 3. The van der Waals surface area contributed by atoms with Crippen molar-refractivity contribution in [2.24, 2.45) is 0 Å². The standard InChI is InChI=1S/C12H10BrN3O3/c13-9-3-1-8(2-4-9)11(17)5-10(12(18)19)16-7-14-6-15-16/h1-4,6-7,10H,5H2,(H,18,19). The Morgan fingerprint density at radius 3 is 2.53 bits per heavy atom. The lowest BCUT2D eigenvalue weighted by molar-refractivity contribution is -0.141. The Morgan fingerprint density at radius 2 is 2.00 bits per heavy atom. The van der Waals surface area contributed by atoms with Gasteiger partial charge in [0.2, 0.25) is 0 Å². The highest BCUT2D eigenvalue weighted by Gasteiger charge is 2.24. The van der Waals surface area contributed by atoms with Crippen molar-refractivity contribution >= 4 is 27.7 Å². The van der Waals surface area contributed by atoms with E-state index < -0.39 is 12.0 Å². The monoisotopic (exact) mass is 323 g/mol. The second kappa shape index (κ2) is 5.75. The maximum atomic E-state index is 12.0. The summed E-state index contributed by atoms with van der Waals surface area (Å²) in [6, 6.07) is 5.72. The number of Topliss-reactive ketones (excluding diaryl/α,β-unsaturated/α-hetero) is 1. The molecule has 1 atom stereocenters. The van der Waals surface area contributed by atoms with Gasteiger partial charge in [0, 0.05) is 16.5 Å². The van der Waals surface area contributed by atoms with Crippen LogP contribution in [-0.4, -0.2) is 31.6 Å². The van der Waals surface area contributed by atoms with Crippen LogP contribution in [0.25, 0.3) is 0 Å². The quantitative estimate of drug-likeness (QED) is 0.850. The van der Waals surface area contributed by atoms with E-state index in [0.717, 1.165) is 4.47 Å². The molecule has 1 aromatic heterocycles. The largest absolute Gasteiger partial charge is 0.480 e. The summed E-state index contributed by atoms with van der Waals surface area (Å²) in [6.07, 6.45) is 2.36. The minimum absolute atomic E-state index is 0.166. The summed E-state index contributed by atoms with van der Waals surface area (Å²) in [5.74, 6) is -1.37. The summed E-state index contributed by atoms with van der Waals surface area (Å²) in [6.45, 7) is 0. The highest BCUT2D eigenvalue weighted by atomic mass is 79.9. The second-order valence-corrected chi connectivity index (χ2v) is 4.78. The average molecular weight is 324 g/mol. The summed E-state index contributed by atoms with van der Waals surface area (Å²) in [4.78, 5) is 26.9. The van der Waals surface area contributed by atoms with Crippen molar-refractivity contribution in [2.75, 3.05) is 0 Å². The maximum absolute atomic E-state index is 12.0. The molecule has 7 heteroatoms. The third kappa shape index (κ3) is 3.25. The molecule has 0 fully saturated rings. The first-order chi connectivity index (χ1) is 9.08. The van der Waals surface area contributed by atoms with Gasteiger partial charge in [-0.25, -0.2) is 14.5 Å². The van der Waals surface area contributed by atoms with Gasteiger partial charge in [-0.3, -0.25) is 4.79 Å². The van der Waals surface area contributed by atoms with Crippen molar-refractivity contribution in [3.63, 3.8) is 0 Å². The number of benzene rings is 1. The van der Waals surface area contributed by atoms with Crippen molar-refractivity contribution in [3.05, 3.63) is 47.0 Å². The maximum Gasteiger partial charge on any atom is 0.329 e. The number of carboxylic acids is 1. The molecule has 0 saturated carbocycles. The third-order valence-corrected chi connectivity index (χ3v) is 3.11. The van der Waals surface area contributed by atoms with Gasteiger partial charge in [-0.1, -0.05) is 28.1 Å². The Morgan fingerprint density at radius 1 is 1.32 bits per heavy atom. The van der Waals surface area contributed by atoms with Gasteiger partial charge in [0.05, 0.1) is 0 Å². The molecule has 98 valence electrons. The molecule has 0 aliphatic heterocycles. The minimum Gasteiger partial charge on any atom is -0.480 e. The summed E-state index contributed by atoms with van der Waals surface area (Å²) in [5, 5.41) is 12.9. The summed E-state index contributed by atoms with van der Waals surface area (Å²) in [7, 11) is 0. The number of hydrogen-bond donors (Lipinski definition) is 1. The van der Waals surface area contributed by atoms with E-state index >= 15 is 0 Å². The summed E-state index contributed by atoms with van der Waals surface area (Å²) in [5.41, 5.74) is 0.467. The van der Waals surface area contributed by atoms with Crippen LogP contribution in [0.4, 0.5) is 0 Å². The predicted octanol–water partition coefficient (Wildman–Crippen LogP) is 1.94. The number of aliphatic carboxylic acids is 1. The molecular formula is C12H10BrN3O3. The fraction of sp³-hybridized carbons (Fsp3) is 0.167. The van der Waals surface area contributed by atoms with Crippen molar-refractivity contribution in [1.29, 1.82) is 0 Å². The zero-order valence-corrected chi connectivity index (χ0v) is 11.3. The lowest BCUT2D eigenvalue weighted by Gasteiger charge is -2.11. The molecule has 2 rings (SSSR count). The van der Waals surface area contributed by atoms with E-state index in [-0.39, 0.29) is 12.2 Å². The molecule has 0 bridgehead atoms. The van der Waals surface area contributed by atoms with E-state index in [9.17, 15) is 9.59 Å². The molecule has 1 aromatic carbocycles. The van der Waals surface area contributed by atoms with E-state index in [0.29, 0.717) is 5.56 Å². The van der Waals surface area contributed by atoms with Crippen molar-refractivity contribution in [2.45, 2.75) is 12.5 Å². The molecule has 1 N–H and O–H groups in total. The van der Waals surface area contributed by atoms with Crippen LogP contribution in [-0.2, 0) is 4.79 Å². The van der Waals surface area contributed by atoms with Gasteiger partial charge >= 0.3 is 5.97 Å². The highest BCUT2D eigenvalue weighted by molar-refractivity contribution is 9.10. The van der Waals surface area contributed by atoms with E-state index in [2.05, 4.69) is 26.0 Å². The van der Waals surface area contributed by atoms with Gasteiger partial charge in [0.25, 0.3) is 0 Å². The number of carbonyl (C=O) groups excluding carboxylic acids is 1. The molecular weight excluding hydrogens is 314 g/mol. The first-order valence-corrected chi connectivity index (χ1v) is 6.23. The first-order valence-electron chi connectivity index (χ1n) is 5.43. The Balaban J connectivity index is 2.16. The predicted molar refractivity (Wildman–Crippen MR) is 69.8 cm³/mol. The zero-order chi connectivity index (χ0) is 13.8. The number of hydrogen-bond acceptors (Lipinski definition) is 4. The highest BCUT2D eigenvalue weighted by Crippen LogP contribution is 2.17. The number of carboxylic acid groups (broad SMARTS) is 1. The van der Waals surface area contributed by atoms with Gasteiger partial charge in [0.1, 0.15) is 12.7 Å². The molecule has 0 aliphatic carbocycles. The molecule has 1 unspecified atom stereocenters. The molecule has 19 heavy (non-hydrogen) atoms. The normalized spacial score (nSPS) is 12.1. The van der Waals surface area contributed by atoms with E-state index in [1.807, 2.05) is 0 Å². The summed E-state index contributed by atoms with van der Waals surface area (Å²) >= 11 is 3.27. The van der Waals surface area contributed by atoms with E-state index in [1.54, 1.807) is 24.3 Å². The number of halogens is 1. The van der Waals surface area contributed by atoms with Crippen molar-refractivity contribution in [1.82, 2.24) is 14.8 Å². The Bertz CT molecular complexity index is 581. The van der Waals surface area contributed by atoms with Crippen LogP contribution in [0.2, 0.25) is 0 Å². The van der Waals surface area contributed by atoms with Crippen LogP contribution >= 0.6 is 15.9 Å². The topological polar surface area (TPSA) is 85.1 Å². The molecule has 0 saturated heterocycles. The molecule has 0 aliphatic rings. The van der Waals surface area contributed by atoms with Gasteiger partial charge in [-0.05, 0) is 12.1 Å². The second-order valence-electron chi connectivity index (χ2n) is 3.86. The molecule has 0 radical (unpaired) electrons. The Kier molecular flexibility index (Phi) is 4.06. The van der Waals surface area contributed by atoms with E-state index in [1.165, 1.54) is 17.3 Å². The molecule has 2 aromatic rings. The van der Waals surface area contributed by atoms with Crippen LogP contribution in [0.15, 0.2) is 41.4 Å². The fourth-order valence-corrected chi connectivity index (χ4v) is 1.87. The van der Waals surface area contributed by atoms with Crippen LogP contribution < -0.4 is 0 Å². The Labute approximate surface area is 117 Å².